The second-order valence-electron chi connectivity index (χ2n) is 6.17. The van der Waals surface area contributed by atoms with Crippen molar-refractivity contribution < 1.29 is 30.6 Å². The second kappa shape index (κ2) is 8.50. The Balaban J connectivity index is 0.000000841. The molecule has 0 spiro atoms. The van der Waals surface area contributed by atoms with Gasteiger partial charge in [0.2, 0.25) is 9.05 Å². The molecular weight excluding hydrogens is 370 g/mol. The lowest BCUT2D eigenvalue weighted by Crippen LogP contribution is -2.45. The number of rotatable bonds is 2. The van der Waals surface area contributed by atoms with Crippen LogP contribution in [0.25, 0.3) is 0 Å². The van der Waals surface area contributed by atoms with Crippen molar-refractivity contribution in [2.75, 3.05) is 25.6 Å². The largest absolute Gasteiger partial charge is 0.444 e. The van der Waals surface area contributed by atoms with Crippen LogP contribution in [0.1, 0.15) is 33.6 Å². The zero-order valence-corrected chi connectivity index (χ0v) is 16.3. The molecule has 1 fully saturated rings. The highest BCUT2D eigenvalue weighted by molar-refractivity contribution is 8.13. The van der Waals surface area contributed by atoms with Crippen molar-refractivity contribution in [1.29, 1.82) is 0 Å². The van der Waals surface area contributed by atoms with E-state index in [1.54, 1.807) is 20.8 Å². The van der Waals surface area contributed by atoms with Crippen LogP contribution in [0.2, 0.25) is 0 Å². The highest BCUT2D eigenvalue weighted by Gasteiger charge is 2.29. The first-order valence-electron chi connectivity index (χ1n) is 6.82. The van der Waals surface area contributed by atoms with Crippen molar-refractivity contribution in [3.8, 4) is 0 Å². The Kier molecular flexibility index (Phi) is 8.28. The lowest BCUT2D eigenvalue weighted by molar-refractivity contribution is 0.00851. The van der Waals surface area contributed by atoms with Gasteiger partial charge in [-0.15, -0.1) is 0 Å². The third-order valence-electron chi connectivity index (χ3n) is 2.34. The summed E-state index contributed by atoms with van der Waals surface area (Å²) in [4.78, 5) is 13.3. The van der Waals surface area contributed by atoms with E-state index in [-0.39, 0.29) is 6.54 Å². The molecule has 11 heteroatoms. The number of ether oxygens (including phenoxy) is 1. The first kappa shape index (κ1) is 22.4. The molecule has 0 bridgehead atoms. The quantitative estimate of drug-likeness (QED) is 0.517. The Labute approximate surface area is 142 Å². The van der Waals surface area contributed by atoms with Gasteiger partial charge in [0.25, 0.3) is 10.1 Å². The molecule has 1 aliphatic rings. The number of amides is 1. The van der Waals surface area contributed by atoms with Crippen LogP contribution in [0, 0.1) is 0 Å². The van der Waals surface area contributed by atoms with Crippen LogP contribution >= 0.6 is 10.7 Å². The summed E-state index contributed by atoms with van der Waals surface area (Å²) >= 11 is 0. The fraction of sp³-hybridized carbons (Fsp3) is 0.917. The van der Waals surface area contributed by atoms with E-state index >= 15 is 0 Å². The fourth-order valence-corrected chi connectivity index (χ4v) is 2.41. The second-order valence-corrected chi connectivity index (χ2v) is 10.8. The maximum atomic E-state index is 11.8. The van der Waals surface area contributed by atoms with Crippen molar-refractivity contribution in [1.82, 2.24) is 4.90 Å². The van der Waals surface area contributed by atoms with Crippen LogP contribution in [0.15, 0.2) is 0 Å². The molecule has 1 aliphatic heterocycles. The summed E-state index contributed by atoms with van der Waals surface area (Å²) in [7, 11) is -2.18. The normalized spacial score (nSPS) is 19.6. The van der Waals surface area contributed by atoms with Gasteiger partial charge >= 0.3 is 6.09 Å². The number of carbonyl (C=O) groups excluding carboxylic acids is 1. The van der Waals surface area contributed by atoms with Crippen LogP contribution in [-0.2, 0) is 28.1 Å². The van der Waals surface area contributed by atoms with Gasteiger partial charge in [-0.25, -0.2) is 13.2 Å². The smallest absolute Gasteiger partial charge is 0.410 e. The highest BCUT2D eigenvalue weighted by atomic mass is 35.7. The molecule has 23 heavy (non-hydrogen) atoms. The minimum absolute atomic E-state index is 0.252. The molecule has 0 unspecified atom stereocenters. The Bertz CT molecular complexity index is 587. The van der Waals surface area contributed by atoms with Crippen molar-refractivity contribution in [2.24, 2.45) is 0 Å². The van der Waals surface area contributed by atoms with Gasteiger partial charge in [-0.3, -0.25) is 4.18 Å². The molecule has 0 saturated carbocycles. The summed E-state index contributed by atoms with van der Waals surface area (Å²) in [5, 5.41) is 0. The molecule has 1 rings (SSSR count). The van der Waals surface area contributed by atoms with E-state index in [2.05, 4.69) is 10.7 Å². The van der Waals surface area contributed by atoms with Crippen LogP contribution < -0.4 is 0 Å². The van der Waals surface area contributed by atoms with E-state index < -0.39 is 37.0 Å². The molecule has 0 aromatic carbocycles. The van der Waals surface area contributed by atoms with Crippen molar-refractivity contribution >= 4 is 35.9 Å². The zero-order chi connectivity index (χ0) is 18.5. The first-order valence-corrected chi connectivity index (χ1v) is 11.4. The summed E-state index contributed by atoms with van der Waals surface area (Å²) < 4.78 is 51.0. The molecule has 1 heterocycles. The van der Waals surface area contributed by atoms with Gasteiger partial charge in [-0.1, -0.05) is 0 Å². The summed E-state index contributed by atoms with van der Waals surface area (Å²) in [5.41, 5.74) is -0.554. The topological polar surface area (TPSA) is 107 Å². The van der Waals surface area contributed by atoms with Gasteiger partial charge in [0.1, 0.15) is 5.60 Å². The molecule has 0 N–H and O–H groups in total. The molecule has 0 aliphatic carbocycles. The maximum Gasteiger partial charge on any atom is 0.410 e. The van der Waals surface area contributed by atoms with Crippen LogP contribution in [0.4, 0.5) is 4.79 Å². The minimum atomic E-state index is -3.49. The van der Waals surface area contributed by atoms with Crippen LogP contribution in [-0.4, -0.2) is 65.1 Å². The average Bonchev–Trinajstić information content (AvgIpc) is 2.22. The SMILES string of the molecule is CC(C)(C)OC(=O)N1CCC[C@@H](OS(C)(=O)=O)C1.CS(=O)(=O)Cl. The van der Waals surface area contributed by atoms with E-state index in [4.69, 9.17) is 8.92 Å². The van der Waals surface area contributed by atoms with E-state index in [9.17, 15) is 21.6 Å². The summed E-state index contributed by atoms with van der Waals surface area (Å²) in [5.74, 6) is 0. The summed E-state index contributed by atoms with van der Waals surface area (Å²) in [6.45, 7) is 6.19. The molecule has 8 nitrogen and oxygen atoms in total. The number of carbonyl (C=O) groups is 1. The Morgan fingerprint density at radius 1 is 1.17 bits per heavy atom. The molecule has 1 amide bonds. The maximum absolute atomic E-state index is 11.8. The van der Waals surface area contributed by atoms with Crippen molar-refractivity contribution in [3.05, 3.63) is 0 Å². The standard InChI is InChI=1S/C11H21NO5S.CH3ClO2S/c1-11(2,3)16-10(13)12-7-5-6-9(8-12)17-18(4,14)15;1-5(2,3)4/h9H,5-8H2,1-4H3;1H3/t9-;/m1./s1. The van der Waals surface area contributed by atoms with Gasteiger partial charge in [0.15, 0.2) is 0 Å². The molecule has 1 saturated heterocycles. The fourth-order valence-electron chi connectivity index (χ4n) is 1.76. The molecule has 0 aromatic heterocycles. The Hall–Kier alpha value is -0.580. The van der Waals surface area contributed by atoms with Crippen molar-refractivity contribution in [2.45, 2.75) is 45.3 Å². The minimum Gasteiger partial charge on any atom is -0.444 e. The number of piperidine rings is 1. The predicted octanol–water partition coefficient (Wildman–Crippen LogP) is 1.55. The number of halogens is 1. The van der Waals surface area contributed by atoms with E-state index in [1.165, 1.54) is 4.90 Å². The van der Waals surface area contributed by atoms with Gasteiger partial charge in [-0.05, 0) is 33.6 Å². The number of hydrogen-bond donors (Lipinski definition) is 0. The average molecular weight is 394 g/mol. The van der Waals surface area contributed by atoms with E-state index in [1.807, 2.05) is 0 Å². The van der Waals surface area contributed by atoms with Gasteiger partial charge in [0.05, 0.1) is 25.2 Å². The lowest BCUT2D eigenvalue weighted by Gasteiger charge is -2.33. The van der Waals surface area contributed by atoms with Gasteiger partial charge in [-0.2, -0.15) is 8.42 Å². The van der Waals surface area contributed by atoms with Crippen LogP contribution in [0.3, 0.4) is 0 Å². The highest BCUT2D eigenvalue weighted by Crippen LogP contribution is 2.18. The number of hydrogen-bond acceptors (Lipinski definition) is 7. The molecule has 138 valence electrons. The molecule has 1 atom stereocenters. The molecular formula is C12H24ClNO7S2. The predicted molar refractivity (Wildman–Crippen MR) is 87.5 cm³/mol. The monoisotopic (exact) mass is 393 g/mol. The van der Waals surface area contributed by atoms with Crippen LogP contribution in [0.5, 0.6) is 0 Å². The zero-order valence-electron chi connectivity index (χ0n) is 13.9. The molecule has 0 radical (unpaired) electrons. The van der Waals surface area contributed by atoms with Gasteiger partial charge < -0.3 is 9.64 Å². The third kappa shape index (κ3) is 14.7. The van der Waals surface area contributed by atoms with E-state index in [0.717, 1.165) is 12.5 Å². The summed E-state index contributed by atoms with van der Waals surface area (Å²) in [6, 6.07) is 0. The van der Waals surface area contributed by atoms with Gasteiger partial charge in [0, 0.05) is 17.2 Å². The lowest BCUT2D eigenvalue weighted by atomic mass is 10.1. The number of nitrogens with zero attached hydrogens (tertiary/aromatic N) is 1. The Morgan fingerprint density at radius 2 is 1.65 bits per heavy atom. The summed E-state index contributed by atoms with van der Waals surface area (Å²) in [6.07, 6.45) is 2.38. The van der Waals surface area contributed by atoms with E-state index in [0.29, 0.717) is 19.4 Å². The van der Waals surface area contributed by atoms with Crippen molar-refractivity contribution in [3.63, 3.8) is 0 Å². The Morgan fingerprint density at radius 3 is 2.04 bits per heavy atom. The third-order valence-corrected chi connectivity index (χ3v) is 2.96. The number of likely N-dealkylation sites (tertiary alicyclic amines) is 1. The first-order chi connectivity index (χ1) is 10.1. The molecule has 0 aromatic rings.